The lowest BCUT2D eigenvalue weighted by atomic mass is 10.2. The zero-order valence-corrected chi connectivity index (χ0v) is 11.2. The molecule has 0 aliphatic heterocycles. The van der Waals surface area contributed by atoms with Crippen LogP contribution in [0.4, 0.5) is 11.4 Å². The standard InChI is InChI=1S/C12H13ClN4O3/c13-11-2-1-10(17(19)20)5-12(11)14-6-9-7-15-16(8-9)3-4-18/h1-2,5,7-8,14,18H,3-4,6H2. The van der Waals surface area contributed by atoms with Gasteiger partial charge < -0.3 is 10.4 Å². The van der Waals surface area contributed by atoms with Gasteiger partial charge in [-0.2, -0.15) is 5.10 Å². The summed E-state index contributed by atoms with van der Waals surface area (Å²) in [4.78, 5) is 10.2. The smallest absolute Gasteiger partial charge is 0.271 e. The highest BCUT2D eigenvalue weighted by Crippen LogP contribution is 2.27. The molecule has 0 spiro atoms. The van der Waals surface area contributed by atoms with Crippen molar-refractivity contribution in [2.45, 2.75) is 13.1 Å². The molecule has 0 saturated heterocycles. The minimum atomic E-state index is -0.471. The number of hydrogen-bond acceptors (Lipinski definition) is 5. The molecule has 0 saturated carbocycles. The molecule has 1 heterocycles. The third kappa shape index (κ3) is 3.46. The molecule has 0 fully saturated rings. The van der Waals surface area contributed by atoms with Crippen molar-refractivity contribution in [3.05, 3.63) is 51.3 Å². The van der Waals surface area contributed by atoms with Gasteiger partial charge in [-0.1, -0.05) is 11.6 Å². The molecule has 0 amide bonds. The van der Waals surface area contributed by atoms with Gasteiger partial charge in [-0.15, -0.1) is 0 Å². The predicted molar refractivity (Wildman–Crippen MR) is 74.7 cm³/mol. The fourth-order valence-corrected chi connectivity index (χ4v) is 1.87. The number of aliphatic hydroxyl groups excluding tert-OH is 1. The Morgan fingerprint density at radius 1 is 1.50 bits per heavy atom. The second-order valence-electron chi connectivity index (χ2n) is 4.11. The molecule has 0 bridgehead atoms. The number of aliphatic hydroxyl groups is 1. The molecule has 106 valence electrons. The van der Waals surface area contributed by atoms with E-state index in [0.29, 0.717) is 23.8 Å². The third-order valence-electron chi connectivity index (χ3n) is 2.66. The Bertz CT molecular complexity index is 614. The molecule has 20 heavy (non-hydrogen) atoms. The number of nitrogens with one attached hydrogen (secondary N) is 1. The van der Waals surface area contributed by atoms with Crippen LogP contribution in [0.5, 0.6) is 0 Å². The van der Waals surface area contributed by atoms with Crippen molar-refractivity contribution in [2.75, 3.05) is 11.9 Å². The molecule has 2 N–H and O–H groups in total. The van der Waals surface area contributed by atoms with E-state index in [1.54, 1.807) is 17.1 Å². The van der Waals surface area contributed by atoms with Crippen LogP contribution in [-0.4, -0.2) is 26.4 Å². The lowest BCUT2D eigenvalue weighted by Crippen LogP contribution is -2.02. The minimum Gasteiger partial charge on any atom is -0.394 e. The topological polar surface area (TPSA) is 93.2 Å². The van der Waals surface area contributed by atoms with Gasteiger partial charge in [0.05, 0.1) is 35.0 Å². The molecule has 7 nitrogen and oxygen atoms in total. The highest BCUT2D eigenvalue weighted by atomic mass is 35.5. The Hall–Kier alpha value is -2.12. The summed E-state index contributed by atoms with van der Waals surface area (Å²) in [6.45, 7) is 0.884. The first kappa shape index (κ1) is 14.3. The SMILES string of the molecule is O=[N+]([O-])c1ccc(Cl)c(NCc2cnn(CCO)c2)c1. The Balaban J connectivity index is 2.05. The zero-order chi connectivity index (χ0) is 14.5. The van der Waals surface area contributed by atoms with Crippen molar-refractivity contribution >= 4 is 23.0 Å². The van der Waals surface area contributed by atoms with E-state index in [0.717, 1.165) is 5.56 Å². The second-order valence-corrected chi connectivity index (χ2v) is 4.52. The number of halogens is 1. The fourth-order valence-electron chi connectivity index (χ4n) is 1.68. The number of benzene rings is 1. The Morgan fingerprint density at radius 3 is 3.00 bits per heavy atom. The largest absolute Gasteiger partial charge is 0.394 e. The van der Waals surface area contributed by atoms with E-state index in [-0.39, 0.29) is 12.3 Å². The van der Waals surface area contributed by atoms with Crippen LogP contribution in [0.25, 0.3) is 0 Å². The number of non-ortho nitro benzene ring substituents is 1. The number of nitrogens with zero attached hydrogens (tertiary/aromatic N) is 3. The van der Waals surface area contributed by atoms with Crippen LogP contribution in [-0.2, 0) is 13.1 Å². The van der Waals surface area contributed by atoms with E-state index in [1.165, 1.54) is 18.2 Å². The summed E-state index contributed by atoms with van der Waals surface area (Å²) in [6.07, 6.45) is 3.45. The molecule has 0 atom stereocenters. The Morgan fingerprint density at radius 2 is 2.30 bits per heavy atom. The molecule has 0 aliphatic rings. The lowest BCUT2D eigenvalue weighted by Gasteiger charge is -2.06. The summed E-state index contributed by atoms with van der Waals surface area (Å²) >= 11 is 5.98. The molecule has 1 aromatic carbocycles. The van der Waals surface area contributed by atoms with Gasteiger partial charge in [0, 0.05) is 30.4 Å². The van der Waals surface area contributed by atoms with Crippen molar-refractivity contribution in [1.82, 2.24) is 9.78 Å². The summed E-state index contributed by atoms with van der Waals surface area (Å²) in [5.41, 5.74) is 1.37. The maximum absolute atomic E-state index is 10.7. The number of nitro benzene ring substituents is 1. The zero-order valence-electron chi connectivity index (χ0n) is 10.5. The van der Waals surface area contributed by atoms with Crippen molar-refractivity contribution in [3.63, 3.8) is 0 Å². The van der Waals surface area contributed by atoms with Gasteiger partial charge in [0.1, 0.15) is 0 Å². The molecule has 8 heteroatoms. The Kier molecular flexibility index (Phi) is 4.54. The van der Waals surface area contributed by atoms with Crippen LogP contribution in [0.1, 0.15) is 5.56 Å². The number of aromatic nitrogens is 2. The van der Waals surface area contributed by atoms with Gasteiger partial charge in [0.25, 0.3) is 5.69 Å². The molecule has 0 aliphatic carbocycles. The highest BCUT2D eigenvalue weighted by Gasteiger charge is 2.09. The average Bonchev–Trinajstić information content (AvgIpc) is 2.86. The van der Waals surface area contributed by atoms with Crippen LogP contribution in [0.2, 0.25) is 5.02 Å². The Labute approximate surface area is 119 Å². The van der Waals surface area contributed by atoms with Crippen molar-refractivity contribution in [1.29, 1.82) is 0 Å². The predicted octanol–water partition coefficient (Wildman–Crippen LogP) is 2.05. The first-order valence-corrected chi connectivity index (χ1v) is 6.28. The quantitative estimate of drug-likeness (QED) is 0.628. The van der Waals surface area contributed by atoms with Gasteiger partial charge in [0.2, 0.25) is 0 Å². The first-order chi connectivity index (χ1) is 9.60. The van der Waals surface area contributed by atoms with E-state index in [1.807, 2.05) is 0 Å². The van der Waals surface area contributed by atoms with Crippen molar-refractivity contribution in [2.24, 2.45) is 0 Å². The normalized spacial score (nSPS) is 10.5. The van der Waals surface area contributed by atoms with Crippen LogP contribution in [0.15, 0.2) is 30.6 Å². The van der Waals surface area contributed by atoms with Crippen LogP contribution in [0.3, 0.4) is 0 Å². The summed E-state index contributed by atoms with van der Waals surface area (Å²) in [7, 11) is 0. The van der Waals surface area contributed by atoms with Crippen molar-refractivity contribution < 1.29 is 10.0 Å². The fraction of sp³-hybridized carbons (Fsp3) is 0.250. The van der Waals surface area contributed by atoms with E-state index in [4.69, 9.17) is 16.7 Å². The third-order valence-corrected chi connectivity index (χ3v) is 2.99. The molecule has 0 radical (unpaired) electrons. The summed E-state index contributed by atoms with van der Waals surface area (Å²) in [6, 6.07) is 4.23. The minimum absolute atomic E-state index is 0.0191. The first-order valence-electron chi connectivity index (χ1n) is 5.90. The molecule has 1 aromatic heterocycles. The van der Waals surface area contributed by atoms with E-state index in [9.17, 15) is 10.1 Å². The molecular weight excluding hydrogens is 284 g/mol. The van der Waals surface area contributed by atoms with Gasteiger partial charge >= 0.3 is 0 Å². The summed E-state index contributed by atoms with van der Waals surface area (Å²) in [5, 5.41) is 27.0. The second kappa shape index (κ2) is 6.36. The molecule has 0 unspecified atom stereocenters. The molecule has 2 aromatic rings. The monoisotopic (exact) mass is 296 g/mol. The number of rotatable bonds is 6. The number of anilines is 1. The maximum Gasteiger partial charge on any atom is 0.271 e. The van der Waals surface area contributed by atoms with Gasteiger partial charge in [-0.3, -0.25) is 14.8 Å². The molecular formula is C12H13ClN4O3. The van der Waals surface area contributed by atoms with Crippen LogP contribution < -0.4 is 5.32 Å². The maximum atomic E-state index is 10.7. The lowest BCUT2D eigenvalue weighted by molar-refractivity contribution is -0.384. The number of hydrogen-bond donors (Lipinski definition) is 2. The summed E-state index contributed by atoms with van der Waals surface area (Å²) in [5.74, 6) is 0. The van der Waals surface area contributed by atoms with E-state index >= 15 is 0 Å². The van der Waals surface area contributed by atoms with Crippen LogP contribution >= 0.6 is 11.6 Å². The van der Waals surface area contributed by atoms with E-state index in [2.05, 4.69) is 10.4 Å². The van der Waals surface area contributed by atoms with E-state index < -0.39 is 4.92 Å². The highest BCUT2D eigenvalue weighted by molar-refractivity contribution is 6.33. The molecule has 2 rings (SSSR count). The van der Waals surface area contributed by atoms with Crippen LogP contribution in [0, 0.1) is 10.1 Å². The van der Waals surface area contributed by atoms with Crippen molar-refractivity contribution in [3.8, 4) is 0 Å². The van der Waals surface area contributed by atoms with Gasteiger partial charge in [-0.25, -0.2) is 0 Å². The van der Waals surface area contributed by atoms with Gasteiger partial charge in [-0.05, 0) is 6.07 Å². The average molecular weight is 297 g/mol. The summed E-state index contributed by atoms with van der Waals surface area (Å²) < 4.78 is 1.62. The van der Waals surface area contributed by atoms with Gasteiger partial charge in [0.15, 0.2) is 0 Å². The number of nitro groups is 1.